The number of nitrogens with one attached hydrogen (secondary N) is 1. The Labute approximate surface area is 177 Å². The van der Waals surface area contributed by atoms with E-state index in [0.29, 0.717) is 22.9 Å². The van der Waals surface area contributed by atoms with Crippen molar-refractivity contribution in [1.29, 1.82) is 0 Å². The lowest BCUT2D eigenvalue weighted by molar-refractivity contribution is -0.129. The molecule has 0 radical (unpaired) electrons. The Morgan fingerprint density at radius 1 is 1.21 bits per heavy atom. The van der Waals surface area contributed by atoms with Gasteiger partial charge in [-0.05, 0) is 48.0 Å². The SMILES string of the molecule is COc1ccc(/C=C2\SC(=O)N(CC(=O)NCc3ccc(C)cc3)C2=O)cc1Cl. The van der Waals surface area contributed by atoms with Crippen molar-refractivity contribution in [2.45, 2.75) is 13.5 Å². The summed E-state index contributed by atoms with van der Waals surface area (Å²) in [5.41, 5.74) is 2.72. The Hall–Kier alpha value is -2.77. The fraction of sp³-hybridized carbons (Fsp3) is 0.190. The number of ether oxygens (including phenoxy) is 1. The monoisotopic (exact) mass is 430 g/mol. The lowest BCUT2D eigenvalue weighted by Crippen LogP contribution is -2.39. The maximum atomic E-state index is 12.6. The van der Waals surface area contributed by atoms with Gasteiger partial charge in [-0.1, -0.05) is 47.5 Å². The van der Waals surface area contributed by atoms with Crippen LogP contribution in [0.2, 0.25) is 5.02 Å². The van der Waals surface area contributed by atoms with Crippen LogP contribution in [0.15, 0.2) is 47.4 Å². The van der Waals surface area contributed by atoms with E-state index in [1.807, 2.05) is 31.2 Å². The zero-order valence-electron chi connectivity index (χ0n) is 15.9. The highest BCUT2D eigenvalue weighted by Crippen LogP contribution is 2.33. The Morgan fingerprint density at radius 3 is 2.59 bits per heavy atom. The first kappa shape index (κ1) is 21.0. The summed E-state index contributed by atoms with van der Waals surface area (Å²) in [4.78, 5) is 38.1. The van der Waals surface area contributed by atoms with Crippen LogP contribution in [-0.2, 0) is 16.1 Å². The molecule has 0 aliphatic carbocycles. The molecule has 29 heavy (non-hydrogen) atoms. The third-order valence-electron chi connectivity index (χ3n) is 4.26. The van der Waals surface area contributed by atoms with Crippen LogP contribution in [-0.4, -0.2) is 35.6 Å². The first-order chi connectivity index (χ1) is 13.9. The number of aryl methyl sites for hydroxylation is 1. The molecule has 0 bridgehead atoms. The van der Waals surface area contributed by atoms with Gasteiger partial charge in [0.25, 0.3) is 11.1 Å². The number of halogens is 1. The van der Waals surface area contributed by atoms with Gasteiger partial charge in [0, 0.05) is 6.54 Å². The average molecular weight is 431 g/mol. The van der Waals surface area contributed by atoms with Crippen LogP contribution in [0.1, 0.15) is 16.7 Å². The van der Waals surface area contributed by atoms with Crippen molar-refractivity contribution in [1.82, 2.24) is 10.2 Å². The Kier molecular flexibility index (Phi) is 6.61. The predicted molar refractivity (Wildman–Crippen MR) is 114 cm³/mol. The number of thioether (sulfide) groups is 1. The van der Waals surface area contributed by atoms with Crippen molar-refractivity contribution >= 4 is 46.5 Å². The van der Waals surface area contributed by atoms with Crippen LogP contribution in [0.25, 0.3) is 6.08 Å². The summed E-state index contributed by atoms with van der Waals surface area (Å²) in [6.07, 6.45) is 1.57. The number of methoxy groups -OCH3 is 1. The molecule has 1 fully saturated rings. The Bertz CT molecular complexity index is 989. The van der Waals surface area contributed by atoms with Crippen LogP contribution < -0.4 is 10.1 Å². The topological polar surface area (TPSA) is 75.7 Å². The van der Waals surface area contributed by atoms with Gasteiger partial charge in [0.1, 0.15) is 12.3 Å². The van der Waals surface area contributed by atoms with Gasteiger partial charge in [-0.15, -0.1) is 0 Å². The highest BCUT2D eigenvalue weighted by molar-refractivity contribution is 8.18. The highest BCUT2D eigenvalue weighted by atomic mass is 35.5. The molecule has 0 saturated carbocycles. The van der Waals surface area contributed by atoms with Gasteiger partial charge in [-0.2, -0.15) is 0 Å². The summed E-state index contributed by atoms with van der Waals surface area (Å²) in [5, 5.41) is 2.64. The fourth-order valence-corrected chi connectivity index (χ4v) is 3.77. The van der Waals surface area contributed by atoms with Crippen molar-refractivity contribution in [3.05, 3.63) is 69.1 Å². The fourth-order valence-electron chi connectivity index (χ4n) is 2.67. The van der Waals surface area contributed by atoms with Crippen LogP contribution >= 0.6 is 23.4 Å². The molecule has 8 heteroatoms. The van der Waals surface area contributed by atoms with Gasteiger partial charge in [-0.3, -0.25) is 19.3 Å². The van der Waals surface area contributed by atoms with Crippen molar-refractivity contribution in [3.8, 4) is 5.75 Å². The summed E-state index contributed by atoms with van der Waals surface area (Å²) >= 11 is 6.89. The molecule has 2 aromatic rings. The summed E-state index contributed by atoms with van der Waals surface area (Å²) in [5.74, 6) is -0.388. The van der Waals surface area contributed by atoms with E-state index in [0.717, 1.165) is 27.8 Å². The van der Waals surface area contributed by atoms with E-state index in [9.17, 15) is 14.4 Å². The van der Waals surface area contributed by atoms with Crippen LogP contribution in [0, 0.1) is 6.92 Å². The number of nitrogens with zero attached hydrogens (tertiary/aromatic N) is 1. The molecule has 0 aromatic heterocycles. The second-order valence-electron chi connectivity index (χ2n) is 6.42. The van der Waals surface area contributed by atoms with E-state index in [1.54, 1.807) is 24.3 Å². The van der Waals surface area contributed by atoms with E-state index in [4.69, 9.17) is 16.3 Å². The van der Waals surface area contributed by atoms with E-state index >= 15 is 0 Å². The number of imide groups is 1. The second kappa shape index (κ2) is 9.15. The normalized spacial score (nSPS) is 15.1. The lowest BCUT2D eigenvalue weighted by Gasteiger charge is -2.12. The number of hydrogen-bond donors (Lipinski definition) is 1. The van der Waals surface area contributed by atoms with Crippen molar-refractivity contribution in [2.24, 2.45) is 0 Å². The summed E-state index contributed by atoms with van der Waals surface area (Å²) < 4.78 is 5.10. The standard InChI is InChI=1S/C21H19ClN2O4S/c1-13-3-5-14(6-4-13)11-23-19(25)12-24-20(26)18(29-21(24)27)10-15-7-8-17(28-2)16(22)9-15/h3-10H,11-12H2,1-2H3,(H,23,25)/b18-10-. The van der Waals surface area contributed by atoms with Crippen molar-refractivity contribution in [2.75, 3.05) is 13.7 Å². The second-order valence-corrected chi connectivity index (χ2v) is 7.82. The smallest absolute Gasteiger partial charge is 0.294 e. The Balaban J connectivity index is 1.63. The minimum Gasteiger partial charge on any atom is -0.495 e. The lowest BCUT2D eigenvalue weighted by atomic mass is 10.1. The molecular formula is C21H19ClN2O4S. The van der Waals surface area contributed by atoms with Gasteiger partial charge in [0.2, 0.25) is 5.91 Å². The maximum absolute atomic E-state index is 12.6. The number of amides is 3. The molecule has 3 amide bonds. The van der Waals surface area contributed by atoms with Gasteiger partial charge in [0.15, 0.2) is 0 Å². The first-order valence-corrected chi connectivity index (χ1v) is 9.98. The molecule has 3 rings (SSSR count). The van der Waals surface area contributed by atoms with Gasteiger partial charge in [0.05, 0.1) is 17.0 Å². The van der Waals surface area contributed by atoms with E-state index in [2.05, 4.69) is 5.32 Å². The van der Waals surface area contributed by atoms with Crippen molar-refractivity contribution < 1.29 is 19.1 Å². The number of rotatable bonds is 6. The Morgan fingerprint density at radius 2 is 1.93 bits per heavy atom. The summed E-state index contributed by atoms with van der Waals surface area (Å²) in [6, 6.07) is 12.8. The molecule has 0 spiro atoms. The minimum atomic E-state index is -0.502. The average Bonchev–Trinajstić information content (AvgIpc) is 2.95. The molecule has 150 valence electrons. The first-order valence-electron chi connectivity index (χ1n) is 8.78. The third kappa shape index (κ3) is 5.19. The van der Waals surface area contributed by atoms with Crippen LogP contribution in [0.5, 0.6) is 5.75 Å². The summed E-state index contributed by atoms with van der Waals surface area (Å²) in [7, 11) is 1.51. The number of carbonyl (C=O) groups excluding carboxylic acids is 3. The molecule has 1 heterocycles. The predicted octanol–water partition coefficient (Wildman–Crippen LogP) is 4.01. The molecule has 2 aromatic carbocycles. The van der Waals surface area contributed by atoms with E-state index in [1.165, 1.54) is 7.11 Å². The van der Waals surface area contributed by atoms with Crippen LogP contribution in [0.3, 0.4) is 0 Å². The molecule has 0 atom stereocenters. The number of hydrogen-bond acceptors (Lipinski definition) is 5. The van der Waals surface area contributed by atoms with Crippen LogP contribution in [0.4, 0.5) is 4.79 Å². The van der Waals surface area contributed by atoms with Gasteiger partial charge in [-0.25, -0.2) is 0 Å². The zero-order chi connectivity index (χ0) is 21.0. The van der Waals surface area contributed by atoms with E-state index < -0.39 is 17.1 Å². The highest BCUT2D eigenvalue weighted by Gasteiger charge is 2.36. The largest absolute Gasteiger partial charge is 0.495 e. The number of carbonyl (C=O) groups is 3. The summed E-state index contributed by atoms with van der Waals surface area (Å²) in [6.45, 7) is 1.99. The van der Waals surface area contributed by atoms with Gasteiger partial charge < -0.3 is 10.1 Å². The van der Waals surface area contributed by atoms with E-state index in [-0.39, 0.29) is 11.4 Å². The quantitative estimate of drug-likeness (QED) is 0.701. The van der Waals surface area contributed by atoms with Gasteiger partial charge >= 0.3 is 0 Å². The maximum Gasteiger partial charge on any atom is 0.294 e. The van der Waals surface area contributed by atoms with Crippen molar-refractivity contribution in [3.63, 3.8) is 0 Å². The minimum absolute atomic E-state index is 0.238. The third-order valence-corrected chi connectivity index (χ3v) is 5.46. The molecule has 0 unspecified atom stereocenters. The molecule has 1 aliphatic heterocycles. The molecule has 6 nitrogen and oxygen atoms in total. The number of benzene rings is 2. The molecule has 1 saturated heterocycles. The molecule has 1 aliphatic rings. The molecular weight excluding hydrogens is 412 g/mol. The molecule has 1 N–H and O–H groups in total. The zero-order valence-corrected chi connectivity index (χ0v) is 17.5.